The number of ether oxygens (including phenoxy) is 1. The quantitative estimate of drug-likeness (QED) is 0.433. The highest BCUT2D eigenvalue weighted by atomic mass is 32.2. The van der Waals surface area contributed by atoms with Gasteiger partial charge in [0.2, 0.25) is 0 Å². The number of morpholine rings is 1. The molecule has 2 aliphatic rings. The molecule has 2 N–H and O–H groups in total. The zero-order valence-electron chi connectivity index (χ0n) is 19.2. The molecule has 0 amide bonds. The largest absolute Gasteiger partial charge is 0.377 e. The maximum Gasteiger partial charge on any atom is 0.170 e. The fraction of sp³-hybridized carbons (Fsp3) is 0.478. The highest BCUT2D eigenvalue weighted by molar-refractivity contribution is 7.92. The summed E-state index contributed by atoms with van der Waals surface area (Å²) in [5, 5.41) is 15.1. The second-order valence-electron chi connectivity index (χ2n) is 8.69. The van der Waals surface area contributed by atoms with Crippen molar-refractivity contribution in [3.05, 3.63) is 36.0 Å². The van der Waals surface area contributed by atoms with Crippen LogP contribution in [0.5, 0.6) is 0 Å². The Hall–Kier alpha value is -2.81. The average molecular weight is 501 g/mol. The van der Waals surface area contributed by atoms with Gasteiger partial charge in [0.1, 0.15) is 10.6 Å². The van der Waals surface area contributed by atoms with E-state index in [0.29, 0.717) is 62.2 Å². The molecule has 180 valence electrons. The molecule has 2 fully saturated rings. The minimum Gasteiger partial charge on any atom is -0.377 e. The predicted octanol–water partition coefficient (Wildman–Crippen LogP) is 2.60. The second kappa shape index (κ2) is 9.82. The molecule has 11 heteroatoms. The topological polar surface area (TPSA) is 120 Å². The number of thiocarbonyl (C=S) groups is 1. The molecule has 1 atom stereocenters. The predicted molar refractivity (Wildman–Crippen MR) is 135 cm³/mol. The minimum absolute atomic E-state index is 0.124. The smallest absolute Gasteiger partial charge is 0.170 e. The Kier molecular flexibility index (Phi) is 7.02. The number of rotatable bonds is 7. The molecule has 9 nitrogen and oxygen atoms in total. The maximum absolute atomic E-state index is 12.6. The Morgan fingerprint density at radius 1 is 1.32 bits per heavy atom. The molecule has 1 saturated heterocycles. The van der Waals surface area contributed by atoms with E-state index in [4.69, 9.17) is 32.2 Å². The molecular weight excluding hydrogens is 472 g/mol. The third-order valence-electron chi connectivity index (χ3n) is 6.18. The molecular formula is C23H28N6O3S2. The van der Waals surface area contributed by atoms with Crippen molar-refractivity contribution < 1.29 is 13.2 Å². The van der Waals surface area contributed by atoms with Crippen LogP contribution in [0.1, 0.15) is 31.9 Å². The van der Waals surface area contributed by atoms with E-state index in [0.717, 1.165) is 17.1 Å². The van der Waals surface area contributed by atoms with Crippen LogP contribution < -0.4 is 15.5 Å². The van der Waals surface area contributed by atoms with Crippen LogP contribution >= 0.6 is 12.2 Å². The van der Waals surface area contributed by atoms with Gasteiger partial charge in [0, 0.05) is 36.7 Å². The number of benzene rings is 1. The monoisotopic (exact) mass is 500 g/mol. The Morgan fingerprint density at radius 3 is 2.68 bits per heavy atom. The third kappa shape index (κ3) is 5.14. The van der Waals surface area contributed by atoms with Crippen LogP contribution in [-0.2, 0) is 19.3 Å². The van der Waals surface area contributed by atoms with Gasteiger partial charge in [0.15, 0.2) is 20.8 Å². The number of nitrogens with zero attached hydrogens (tertiary/aromatic N) is 4. The summed E-state index contributed by atoms with van der Waals surface area (Å²) < 4.78 is 29.9. The highest BCUT2D eigenvalue weighted by Gasteiger charge is 2.55. The lowest BCUT2D eigenvalue weighted by molar-refractivity contribution is 0.0985. The van der Waals surface area contributed by atoms with Gasteiger partial charge in [-0.2, -0.15) is 5.26 Å². The zero-order valence-corrected chi connectivity index (χ0v) is 20.9. The number of anilines is 2. The van der Waals surface area contributed by atoms with E-state index in [1.807, 2.05) is 30.3 Å². The number of hydrogen-bond donors (Lipinski definition) is 2. The summed E-state index contributed by atoms with van der Waals surface area (Å²) in [6.45, 7) is 4.42. The summed E-state index contributed by atoms with van der Waals surface area (Å²) in [6, 6.07) is 11.5. The van der Waals surface area contributed by atoms with Gasteiger partial charge in [-0.1, -0.05) is 0 Å². The first kappa shape index (κ1) is 24.3. The summed E-state index contributed by atoms with van der Waals surface area (Å²) in [5.41, 5.74) is 2.12. The Morgan fingerprint density at radius 2 is 2.06 bits per heavy atom. The average Bonchev–Trinajstić information content (AvgIpc) is 3.62. The van der Waals surface area contributed by atoms with Crippen molar-refractivity contribution >= 4 is 38.7 Å². The number of nitrogens with one attached hydrogen (secondary N) is 2. The molecule has 2 aromatic rings. The summed E-state index contributed by atoms with van der Waals surface area (Å²) in [6.07, 6.45) is 2.79. The van der Waals surface area contributed by atoms with Gasteiger partial charge < -0.3 is 20.3 Å². The Bertz CT molecular complexity index is 1210. The van der Waals surface area contributed by atoms with Crippen LogP contribution in [0.3, 0.4) is 0 Å². The molecule has 1 aromatic heterocycles. The number of hydrogen-bond acceptors (Lipinski definition) is 8. The van der Waals surface area contributed by atoms with E-state index in [-0.39, 0.29) is 6.04 Å². The first-order valence-electron chi connectivity index (χ1n) is 11.2. The number of aromatic nitrogens is 2. The molecule has 0 unspecified atom stereocenters. The van der Waals surface area contributed by atoms with E-state index < -0.39 is 14.6 Å². The minimum atomic E-state index is -3.32. The van der Waals surface area contributed by atoms with Crippen LogP contribution in [0.25, 0.3) is 11.4 Å². The van der Waals surface area contributed by atoms with Crippen LogP contribution in [-0.4, -0.2) is 62.1 Å². The van der Waals surface area contributed by atoms with Gasteiger partial charge in [-0.25, -0.2) is 18.4 Å². The molecule has 1 aliphatic carbocycles. The lowest BCUT2D eigenvalue weighted by Crippen LogP contribution is -2.44. The van der Waals surface area contributed by atoms with Crippen molar-refractivity contribution in [1.82, 2.24) is 15.3 Å². The van der Waals surface area contributed by atoms with Gasteiger partial charge in [-0.05, 0) is 56.2 Å². The van der Waals surface area contributed by atoms with Crippen LogP contribution in [0.15, 0.2) is 30.3 Å². The molecule has 1 aromatic carbocycles. The highest BCUT2D eigenvalue weighted by Crippen LogP contribution is 2.52. The van der Waals surface area contributed by atoms with E-state index in [1.54, 1.807) is 0 Å². The van der Waals surface area contributed by atoms with Crippen LogP contribution in [0.2, 0.25) is 0 Å². The molecule has 1 aliphatic heterocycles. The molecule has 1 saturated carbocycles. The molecule has 34 heavy (non-hydrogen) atoms. The van der Waals surface area contributed by atoms with Crippen molar-refractivity contribution in [3.8, 4) is 17.5 Å². The molecule has 4 rings (SSSR count). The number of nitriles is 1. The zero-order chi connectivity index (χ0) is 24.3. The van der Waals surface area contributed by atoms with Gasteiger partial charge in [0.05, 0.1) is 37.4 Å². The van der Waals surface area contributed by atoms with Crippen molar-refractivity contribution in [1.29, 1.82) is 5.26 Å². The van der Waals surface area contributed by atoms with Crippen molar-refractivity contribution in [2.45, 2.75) is 37.0 Å². The van der Waals surface area contributed by atoms with Gasteiger partial charge >= 0.3 is 0 Å². The number of sulfone groups is 1. The second-order valence-corrected chi connectivity index (χ2v) is 11.4. The Labute approximate surface area is 205 Å². The third-order valence-corrected chi connectivity index (χ3v) is 8.46. The summed E-state index contributed by atoms with van der Waals surface area (Å²) in [7, 11) is -3.32. The maximum atomic E-state index is 12.6. The van der Waals surface area contributed by atoms with Gasteiger partial charge in [-0.15, -0.1) is 0 Å². The SMILES string of the molecule is C[C@H]1COCCN1c1cc(C2(S(C)(=O)=O)CC2)nc(-c2ccc(NC(=S)NCCC#N)cc2)n1. The first-order valence-corrected chi connectivity index (χ1v) is 13.5. The van der Waals surface area contributed by atoms with Crippen molar-refractivity contribution in [2.24, 2.45) is 0 Å². The van der Waals surface area contributed by atoms with Crippen LogP contribution in [0.4, 0.5) is 11.5 Å². The van der Waals surface area contributed by atoms with E-state index in [9.17, 15) is 8.42 Å². The standard InChI is InChI=1S/C23H28N6O3S2/c1-16-15-32-13-12-29(16)20-14-19(23(8-9-23)34(2,30)31)27-21(28-20)17-4-6-18(7-5-17)26-22(33)25-11-3-10-24/h4-7,14,16H,3,8-9,11-13,15H2,1-2H3,(H2,25,26,33)/t16-/m0/s1. The van der Waals surface area contributed by atoms with Crippen LogP contribution in [0, 0.1) is 11.3 Å². The van der Waals surface area contributed by atoms with Crippen molar-refractivity contribution in [2.75, 3.05) is 42.8 Å². The molecule has 0 spiro atoms. The van der Waals surface area contributed by atoms with Crippen molar-refractivity contribution in [3.63, 3.8) is 0 Å². The van der Waals surface area contributed by atoms with Gasteiger partial charge in [0.25, 0.3) is 0 Å². The van der Waals surface area contributed by atoms with Gasteiger partial charge in [-0.3, -0.25) is 0 Å². The molecule has 2 heterocycles. The van der Waals surface area contributed by atoms with E-state index >= 15 is 0 Å². The Balaban J connectivity index is 1.65. The molecule has 0 radical (unpaired) electrons. The lowest BCUT2D eigenvalue weighted by atomic mass is 10.1. The summed E-state index contributed by atoms with van der Waals surface area (Å²) in [4.78, 5) is 11.7. The summed E-state index contributed by atoms with van der Waals surface area (Å²) in [5.74, 6) is 1.21. The summed E-state index contributed by atoms with van der Waals surface area (Å²) >= 11 is 5.25. The fourth-order valence-electron chi connectivity index (χ4n) is 4.05. The van der Waals surface area contributed by atoms with E-state index in [1.165, 1.54) is 6.26 Å². The molecule has 0 bridgehead atoms. The normalized spacial score (nSPS) is 19.2. The fourth-order valence-corrected chi connectivity index (χ4v) is 5.60. The van der Waals surface area contributed by atoms with E-state index in [2.05, 4.69) is 28.5 Å². The lowest BCUT2D eigenvalue weighted by Gasteiger charge is -2.34. The first-order chi connectivity index (χ1) is 16.2.